The average Bonchev–Trinajstić information content (AvgIpc) is 2.59. The minimum absolute atomic E-state index is 0.176. The molecule has 0 aromatic heterocycles. The normalized spacial score (nSPS) is 9.92. The van der Waals surface area contributed by atoms with E-state index in [1.165, 1.54) is 19.2 Å². The maximum absolute atomic E-state index is 12.1. The number of hydrogen-bond donors (Lipinski definition) is 2. The van der Waals surface area contributed by atoms with Gasteiger partial charge < -0.3 is 19.5 Å². The van der Waals surface area contributed by atoms with Crippen molar-refractivity contribution >= 4 is 33.8 Å². The van der Waals surface area contributed by atoms with Crippen molar-refractivity contribution in [1.82, 2.24) is 10.6 Å². The molecule has 0 spiro atoms. The highest BCUT2D eigenvalue weighted by Gasteiger charge is 2.17. The average molecular weight is 417 g/mol. The quantitative estimate of drug-likeness (QED) is 0.629. The van der Waals surface area contributed by atoms with Gasteiger partial charge in [-0.15, -0.1) is 0 Å². The first-order valence-electron chi connectivity index (χ1n) is 7.68. The molecule has 0 radical (unpaired) electrons. The van der Waals surface area contributed by atoms with E-state index in [2.05, 4.69) is 26.6 Å². The van der Waals surface area contributed by atoms with Crippen LogP contribution >= 0.6 is 15.9 Å². The van der Waals surface area contributed by atoms with Gasteiger partial charge in [-0.05, 0) is 41.4 Å². The van der Waals surface area contributed by atoms with Crippen LogP contribution in [0.5, 0.6) is 11.5 Å². The predicted octanol–water partition coefficient (Wildman–Crippen LogP) is 2.25. The van der Waals surface area contributed by atoms with E-state index in [9.17, 15) is 14.4 Å². The Kier molecular flexibility index (Phi) is 8.76. The van der Waals surface area contributed by atoms with Crippen LogP contribution in [0.3, 0.4) is 0 Å². The third-order valence-corrected chi connectivity index (χ3v) is 3.47. The maximum Gasteiger partial charge on any atom is 0.338 e. The highest BCUT2D eigenvalue weighted by molar-refractivity contribution is 9.10. The lowest BCUT2D eigenvalue weighted by atomic mass is 10.2. The van der Waals surface area contributed by atoms with Crippen molar-refractivity contribution in [3.05, 3.63) is 22.2 Å². The number of carbonyl (C=O) groups excluding carboxylic acids is 3. The summed E-state index contributed by atoms with van der Waals surface area (Å²) in [5, 5.41) is 4.54. The summed E-state index contributed by atoms with van der Waals surface area (Å²) in [6.07, 6.45) is 0.741. The minimum Gasteiger partial charge on any atom is -0.493 e. The fourth-order valence-corrected chi connectivity index (χ4v) is 2.34. The number of halogens is 1. The number of benzene rings is 1. The summed E-state index contributed by atoms with van der Waals surface area (Å²) in [6, 6.07) is 2.32. The molecule has 9 heteroatoms. The second-order valence-electron chi connectivity index (χ2n) is 4.80. The van der Waals surface area contributed by atoms with E-state index in [4.69, 9.17) is 14.2 Å². The lowest BCUT2D eigenvalue weighted by molar-refractivity contribution is -0.123. The largest absolute Gasteiger partial charge is 0.493 e. The first kappa shape index (κ1) is 20.8. The monoisotopic (exact) mass is 416 g/mol. The zero-order valence-electron chi connectivity index (χ0n) is 14.3. The Morgan fingerprint density at radius 1 is 1.20 bits per heavy atom. The summed E-state index contributed by atoms with van der Waals surface area (Å²) in [5.41, 5.74) is 0.176. The van der Waals surface area contributed by atoms with Crippen molar-refractivity contribution in [3.63, 3.8) is 0 Å². The number of methoxy groups -OCH3 is 1. The molecule has 0 bridgehead atoms. The van der Waals surface area contributed by atoms with Gasteiger partial charge in [0, 0.05) is 6.54 Å². The summed E-state index contributed by atoms with van der Waals surface area (Å²) in [7, 11) is 1.45. The molecule has 0 saturated heterocycles. The van der Waals surface area contributed by atoms with Crippen molar-refractivity contribution in [2.24, 2.45) is 0 Å². The molecule has 1 aromatic rings. The van der Waals surface area contributed by atoms with Gasteiger partial charge in [0.25, 0.3) is 5.91 Å². The number of hydrogen-bond acceptors (Lipinski definition) is 6. The number of ether oxygens (including phenoxy) is 3. The van der Waals surface area contributed by atoms with Crippen LogP contribution in [0.25, 0.3) is 0 Å². The Labute approximate surface area is 154 Å². The Hall–Kier alpha value is -2.29. The Bertz CT molecular complexity index is 635. The van der Waals surface area contributed by atoms with E-state index in [1.54, 1.807) is 0 Å². The van der Waals surface area contributed by atoms with Gasteiger partial charge in [-0.2, -0.15) is 0 Å². The molecule has 0 unspecified atom stereocenters. The molecular formula is C16H21BrN2O6. The number of imide groups is 1. The third-order valence-electron chi connectivity index (χ3n) is 2.88. The molecule has 3 amide bonds. The van der Waals surface area contributed by atoms with E-state index in [-0.39, 0.29) is 5.56 Å². The molecule has 0 fully saturated rings. The fourth-order valence-electron chi connectivity index (χ4n) is 1.78. The van der Waals surface area contributed by atoms with Crippen LogP contribution in [0.1, 0.15) is 30.6 Å². The van der Waals surface area contributed by atoms with Gasteiger partial charge >= 0.3 is 12.0 Å². The van der Waals surface area contributed by atoms with E-state index >= 15 is 0 Å². The van der Waals surface area contributed by atoms with Gasteiger partial charge in [0.15, 0.2) is 18.1 Å². The van der Waals surface area contributed by atoms with Gasteiger partial charge in [0.1, 0.15) is 0 Å². The summed E-state index contributed by atoms with van der Waals surface area (Å²) in [5.74, 6) is -0.636. The molecule has 1 rings (SSSR count). The third kappa shape index (κ3) is 6.61. The highest BCUT2D eigenvalue weighted by atomic mass is 79.9. The molecule has 0 aliphatic carbocycles. The van der Waals surface area contributed by atoms with Crippen LogP contribution in [-0.4, -0.2) is 44.8 Å². The standard InChI is InChI=1S/C16H21BrN2O6/c1-4-6-18-16(22)19-13(20)9-25-15(21)10-7-11(17)14(24-5-2)12(8-10)23-3/h7-8H,4-6,9H2,1-3H3,(H2,18,19,20,22). The molecular weight excluding hydrogens is 396 g/mol. The smallest absolute Gasteiger partial charge is 0.338 e. The Balaban J connectivity index is 2.67. The second-order valence-corrected chi connectivity index (χ2v) is 5.66. The molecule has 0 heterocycles. The van der Waals surface area contributed by atoms with Gasteiger partial charge in [0.05, 0.1) is 23.8 Å². The number of nitrogens with one attached hydrogen (secondary N) is 2. The van der Waals surface area contributed by atoms with E-state index in [0.29, 0.717) is 29.1 Å². The van der Waals surface area contributed by atoms with Crippen molar-refractivity contribution < 1.29 is 28.6 Å². The number of esters is 1. The van der Waals surface area contributed by atoms with Gasteiger partial charge in [-0.25, -0.2) is 9.59 Å². The van der Waals surface area contributed by atoms with Crippen LogP contribution in [0.2, 0.25) is 0 Å². The first-order chi connectivity index (χ1) is 11.9. The summed E-state index contributed by atoms with van der Waals surface area (Å²) < 4.78 is 16.0. The van der Waals surface area contributed by atoms with Crippen molar-refractivity contribution in [1.29, 1.82) is 0 Å². The summed E-state index contributed by atoms with van der Waals surface area (Å²) in [6.45, 7) is 4.00. The van der Waals surface area contributed by atoms with Gasteiger partial charge in [-0.3, -0.25) is 10.1 Å². The molecule has 0 aliphatic rings. The SMILES string of the molecule is CCCNC(=O)NC(=O)COC(=O)c1cc(Br)c(OCC)c(OC)c1. The minimum atomic E-state index is -0.730. The lowest BCUT2D eigenvalue weighted by Gasteiger charge is -2.13. The molecule has 8 nitrogen and oxygen atoms in total. The van der Waals surface area contributed by atoms with Crippen LogP contribution in [0.15, 0.2) is 16.6 Å². The molecule has 0 atom stereocenters. The zero-order valence-corrected chi connectivity index (χ0v) is 15.9. The van der Waals surface area contributed by atoms with Crippen LogP contribution in [0.4, 0.5) is 4.79 Å². The van der Waals surface area contributed by atoms with Crippen molar-refractivity contribution in [3.8, 4) is 11.5 Å². The van der Waals surface area contributed by atoms with Gasteiger partial charge in [-0.1, -0.05) is 6.92 Å². The van der Waals surface area contributed by atoms with Crippen LogP contribution < -0.4 is 20.1 Å². The van der Waals surface area contributed by atoms with Crippen molar-refractivity contribution in [2.45, 2.75) is 20.3 Å². The van der Waals surface area contributed by atoms with Crippen LogP contribution in [-0.2, 0) is 9.53 Å². The second kappa shape index (κ2) is 10.5. The molecule has 138 valence electrons. The highest BCUT2D eigenvalue weighted by Crippen LogP contribution is 2.36. The number of urea groups is 1. The molecule has 0 saturated carbocycles. The number of carbonyl (C=O) groups is 3. The topological polar surface area (TPSA) is 103 Å². The predicted molar refractivity (Wildman–Crippen MR) is 94.0 cm³/mol. The first-order valence-corrected chi connectivity index (χ1v) is 8.47. The van der Waals surface area contributed by atoms with Crippen molar-refractivity contribution in [2.75, 3.05) is 26.9 Å². The van der Waals surface area contributed by atoms with E-state index in [1.807, 2.05) is 13.8 Å². The molecule has 0 aliphatic heterocycles. The Morgan fingerprint density at radius 2 is 1.92 bits per heavy atom. The number of amides is 3. The zero-order chi connectivity index (χ0) is 18.8. The van der Waals surface area contributed by atoms with Crippen LogP contribution in [0, 0.1) is 0 Å². The fraction of sp³-hybridized carbons (Fsp3) is 0.438. The van der Waals surface area contributed by atoms with E-state index in [0.717, 1.165) is 6.42 Å². The van der Waals surface area contributed by atoms with Gasteiger partial charge in [0.2, 0.25) is 0 Å². The molecule has 1 aromatic carbocycles. The number of rotatable bonds is 8. The molecule has 25 heavy (non-hydrogen) atoms. The summed E-state index contributed by atoms with van der Waals surface area (Å²) >= 11 is 3.30. The Morgan fingerprint density at radius 3 is 2.52 bits per heavy atom. The maximum atomic E-state index is 12.1. The molecule has 2 N–H and O–H groups in total. The summed E-state index contributed by atoms with van der Waals surface area (Å²) in [4.78, 5) is 35.0. The lowest BCUT2D eigenvalue weighted by Crippen LogP contribution is -2.41. The van der Waals surface area contributed by atoms with E-state index < -0.39 is 24.5 Å².